The molecule has 3 heterocycles. The second-order valence-electron chi connectivity index (χ2n) is 5.81. The van der Waals surface area contributed by atoms with Crippen LogP contribution in [0.4, 0.5) is 5.69 Å². The fraction of sp³-hybridized carbons (Fsp3) is 0.235. The van der Waals surface area contributed by atoms with Crippen LogP contribution < -0.4 is 5.32 Å². The smallest absolute Gasteiger partial charge is 0.277 e. The van der Waals surface area contributed by atoms with E-state index in [1.54, 1.807) is 29.5 Å². The number of carbonyl (C=O) groups excluding carboxylic acids is 2. The van der Waals surface area contributed by atoms with Crippen LogP contribution in [0, 0.1) is 6.92 Å². The number of anilines is 1. The molecular formula is C17H14N4O3S2. The Labute approximate surface area is 157 Å². The number of Topliss-reactive ketones (excluding diaryl/α,β-unsaturated/α-hetero) is 1. The third-order valence-electron chi connectivity index (χ3n) is 3.83. The molecule has 1 aliphatic heterocycles. The van der Waals surface area contributed by atoms with Crippen LogP contribution in [0.15, 0.2) is 33.2 Å². The lowest BCUT2D eigenvalue weighted by molar-refractivity contribution is -0.115. The molecule has 0 aliphatic carbocycles. The van der Waals surface area contributed by atoms with Gasteiger partial charge < -0.3 is 9.73 Å². The number of nitrogens with one attached hydrogen (secondary N) is 1. The summed E-state index contributed by atoms with van der Waals surface area (Å²) in [7, 11) is 0. The number of fused-ring (bicyclic) bond motifs is 1. The monoisotopic (exact) mass is 386 g/mol. The summed E-state index contributed by atoms with van der Waals surface area (Å²) in [5.41, 5.74) is 3.10. The molecule has 0 saturated heterocycles. The van der Waals surface area contributed by atoms with Crippen LogP contribution in [0.5, 0.6) is 0 Å². The van der Waals surface area contributed by atoms with E-state index in [9.17, 15) is 9.59 Å². The lowest BCUT2D eigenvalue weighted by Gasteiger charge is -2.02. The number of nitrogens with zero attached hydrogens (tertiary/aromatic N) is 3. The number of aryl methyl sites for hydroxylation is 1. The maximum Gasteiger partial charge on any atom is 0.277 e. The summed E-state index contributed by atoms with van der Waals surface area (Å²) in [4.78, 5) is 28.1. The Morgan fingerprint density at radius 2 is 2.27 bits per heavy atom. The topological polar surface area (TPSA) is 98.0 Å². The van der Waals surface area contributed by atoms with E-state index in [2.05, 4.69) is 20.5 Å². The average Bonchev–Trinajstić information content (AvgIpc) is 3.32. The molecule has 1 aromatic carbocycles. The van der Waals surface area contributed by atoms with Crippen LogP contribution in [-0.2, 0) is 17.6 Å². The Morgan fingerprint density at radius 3 is 3.08 bits per heavy atom. The number of amides is 1. The number of thiazole rings is 1. The van der Waals surface area contributed by atoms with Gasteiger partial charge in [0.1, 0.15) is 0 Å². The normalized spacial score (nSPS) is 12.9. The molecule has 9 heteroatoms. The van der Waals surface area contributed by atoms with Gasteiger partial charge in [-0.3, -0.25) is 9.59 Å². The Hall–Kier alpha value is -2.52. The quantitative estimate of drug-likeness (QED) is 0.514. The molecule has 0 fully saturated rings. The third kappa shape index (κ3) is 3.68. The molecule has 3 aromatic rings. The molecule has 0 radical (unpaired) electrons. The minimum Gasteiger partial charge on any atom is -0.416 e. The summed E-state index contributed by atoms with van der Waals surface area (Å²) in [5, 5.41) is 14.0. The maximum atomic E-state index is 12.4. The van der Waals surface area contributed by atoms with Crippen LogP contribution in [0.2, 0.25) is 0 Å². The fourth-order valence-corrected chi connectivity index (χ4v) is 3.91. The van der Waals surface area contributed by atoms with Crippen LogP contribution in [0.3, 0.4) is 0 Å². The molecule has 0 bridgehead atoms. The van der Waals surface area contributed by atoms with Gasteiger partial charge in [-0.2, -0.15) is 0 Å². The van der Waals surface area contributed by atoms with Crippen LogP contribution in [-0.4, -0.2) is 32.6 Å². The predicted molar refractivity (Wildman–Crippen MR) is 97.8 cm³/mol. The second kappa shape index (κ2) is 7.00. The molecule has 1 amide bonds. The predicted octanol–water partition coefficient (Wildman–Crippen LogP) is 2.89. The number of carbonyl (C=O) groups is 2. The zero-order valence-electron chi connectivity index (χ0n) is 13.8. The molecule has 4 rings (SSSR count). The van der Waals surface area contributed by atoms with Crippen LogP contribution >= 0.6 is 23.1 Å². The highest BCUT2D eigenvalue weighted by Crippen LogP contribution is 2.25. The van der Waals surface area contributed by atoms with Crippen molar-refractivity contribution in [1.29, 1.82) is 0 Å². The number of benzene rings is 1. The third-order valence-corrected chi connectivity index (χ3v) is 5.47. The van der Waals surface area contributed by atoms with E-state index in [1.165, 1.54) is 11.8 Å². The number of hydrogen-bond donors (Lipinski definition) is 1. The molecule has 0 saturated carbocycles. The van der Waals surface area contributed by atoms with Gasteiger partial charge in [0.2, 0.25) is 11.8 Å². The minimum atomic E-state index is -0.0491. The van der Waals surface area contributed by atoms with Crippen molar-refractivity contribution in [1.82, 2.24) is 15.2 Å². The van der Waals surface area contributed by atoms with Gasteiger partial charge in [0, 0.05) is 16.6 Å². The number of hydrogen-bond acceptors (Lipinski definition) is 8. The van der Waals surface area contributed by atoms with Crippen molar-refractivity contribution >= 4 is 40.5 Å². The van der Waals surface area contributed by atoms with Crippen molar-refractivity contribution in [3.63, 3.8) is 0 Å². The standard InChI is InChI=1S/C17H14N4O3S2/c1-9-18-12(7-25-9)6-16-20-21-17(24-16)26-8-14(22)10-2-3-13-11(4-10)5-15(23)19-13/h2-4,7H,5-6,8H2,1H3,(H,19,23). The highest BCUT2D eigenvalue weighted by atomic mass is 32.2. The van der Waals surface area contributed by atoms with Gasteiger partial charge in [-0.15, -0.1) is 21.5 Å². The van der Waals surface area contributed by atoms with E-state index in [-0.39, 0.29) is 17.4 Å². The molecule has 1 N–H and O–H groups in total. The summed E-state index contributed by atoms with van der Waals surface area (Å²) >= 11 is 2.78. The molecule has 0 unspecified atom stereocenters. The Kier molecular flexibility index (Phi) is 4.56. The van der Waals surface area contributed by atoms with Crippen molar-refractivity contribution in [2.24, 2.45) is 0 Å². The van der Waals surface area contributed by atoms with Crippen molar-refractivity contribution in [3.8, 4) is 0 Å². The Bertz CT molecular complexity index is 996. The highest BCUT2D eigenvalue weighted by molar-refractivity contribution is 7.99. The molecule has 1 aliphatic rings. The average molecular weight is 386 g/mol. The second-order valence-corrected chi connectivity index (χ2v) is 7.79. The zero-order valence-corrected chi connectivity index (χ0v) is 15.4. The van der Waals surface area contributed by atoms with E-state index in [4.69, 9.17) is 4.42 Å². The van der Waals surface area contributed by atoms with E-state index in [0.29, 0.717) is 29.5 Å². The zero-order chi connectivity index (χ0) is 18.1. The van der Waals surface area contributed by atoms with E-state index in [1.807, 2.05) is 12.3 Å². The molecule has 132 valence electrons. The summed E-state index contributed by atoms with van der Waals surface area (Å²) in [6.07, 6.45) is 0.796. The van der Waals surface area contributed by atoms with Gasteiger partial charge in [-0.25, -0.2) is 4.98 Å². The van der Waals surface area contributed by atoms with Gasteiger partial charge in [-0.1, -0.05) is 11.8 Å². The largest absolute Gasteiger partial charge is 0.416 e. The Morgan fingerprint density at radius 1 is 1.38 bits per heavy atom. The summed E-state index contributed by atoms with van der Waals surface area (Å²) in [6, 6.07) is 5.25. The van der Waals surface area contributed by atoms with Gasteiger partial charge in [-0.05, 0) is 30.7 Å². The first-order valence-electron chi connectivity index (χ1n) is 7.89. The molecule has 7 nitrogen and oxygen atoms in total. The number of rotatable bonds is 6. The van der Waals surface area contributed by atoms with Crippen molar-refractivity contribution in [2.45, 2.75) is 25.0 Å². The molecule has 26 heavy (non-hydrogen) atoms. The Balaban J connectivity index is 1.36. The lowest BCUT2D eigenvalue weighted by atomic mass is 10.1. The number of thioether (sulfide) groups is 1. The van der Waals surface area contributed by atoms with Gasteiger partial charge in [0.05, 0.1) is 29.3 Å². The summed E-state index contributed by atoms with van der Waals surface area (Å²) < 4.78 is 5.57. The van der Waals surface area contributed by atoms with E-state index in [0.717, 1.165) is 22.0 Å². The van der Waals surface area contributed by atoms with Gasteiger partial charge in [0.15, 0.2) is 5.78 Å². The number of aromatic nitrogens is 3. The minimum absolute atomic E-state index is 0.0485. The van der Waals surface area contributed by atoms with Crippen molar-refractivity contribution in [2.75, 3.05) is 11.1 Å². The summed E-state index contributed by atoms with van der Waals surface area (Å²) in [5.74, 6) is 0.574. The summed E-state index contributed by atoms with van der Waals surface area (Å²) in [6.45, 7) is 1.94. The molecule has 0 spiro atoms. The first kappa shape index (κ1) is 16.9. The fourth-order valence-electron chi connectivity index (χ4n) is 2.63. The first-order valence-corrected chi connectivity index (χ1v) is 9.75. The lowest BCUT2D eigenvalue weighted by Crippen LogP contribution is -2.03. The number of ketones is 1. The SMILES string of the molecule is Cc1nc(Cc2nnc(SCC(=O)c3ccc4c(c3)CC(=O)N4)o2)cs1. The van der Waals surface area contributed by atoms with Crippen LogP contribution in [0.25, 0.3) is 0 Å². The van der Waals surface area contributed by atoms with E-state index >= 15 is 0 Å². The molecular weight excluding hydrogens is 372 g/mol. The van der Waals surface area contributed by atoms with Crippen molar-refractivity contribution in [3.05, 3.63) is 51.3 Å². The van der Waals surface area contributed by atoms with E-state index < -0.39 is 0 Å². The van der Waals surface area contributed by atoms with Gasteiger partial charge >= 0.3 is 0 Å². The molecule has 0 atom stereocenters. The van der Waals surface area contributed by atoms with Crippen molar-refractivity contribution < 1.29 is 14.0 Å². The maximum absolute atomic E-state index is 12.4. The van der Waals surface area contributed by atoms with Gasteiger partial charge in [0.25, 0.3) is 5.22 Å². The highest BCUT2D eigenvalue weighted by Gasteiger charge is 2.19. The molecule has 2 aromatic heterocycles. The first-order chi connectivity index (χ1) is 12.6. The van der Waals surface area contributed by atoms with Crippen LogP contribution in [0.1, 0.15) is 32.5 Å².